The molecule has 0 saturated carbocycles. The number of benzene rings is 2. The summed E-state index contributed by atoms with van der Waals surface area (Å²) in [7, 11) is -2.07. The average Bonchev–Trinajstić information content (AvgIpc) is 2.90. The van der Waals surface area contributed by atoms with Gasteiger partial charge in [-0.2, -0.15) is 0 Å². The molecule has 1 aromatic heterocycles. The summed E-state index contributed by atoms with van der Waals surface area (Å²) in [6, 6.07) is 8.07. The van der Waals surface area contributed by atoms with Gasteiger partial charge in [-0.05, 0) is 36.4 Å². The molecule has 0 spiro atoms. The molecule has 142 valence electrons. The van der Waals surface area contributed by atoms with Crippen LogP contribution in [0.25, 0.3) is 11.0 Å². The van der Waals surface area contributed by atoms with E-state index in [0.29, 0.717) is 21.9 Å². The normalized spacial score (nSPS) is 11.7. The number of thioether (sulfide) groups is 1. The van der Waals surface area contributed by atoms with Gasteiger partial charge in [-0.15, -0.1) is 0 Å². The van der Waals surface area contributed by atoms with Gasteiger partial charge in [0.05, 0.1) is 32.4 Å². The monoisotopic (exact) mass is 428 g/mol. The number of anilines is 1. The third-order valence-electron chi connectivity index (χ3n) is 3.68. The van der Waals surface area contributed by atoms with Crippen molar-refractivity contribution in [3.05, 3.63) is 47.2 Å². The number of sulfonamides is 1. The van der Waals surface area contributed by atoms with E-state index in [-0.39, 0.29) is 21.6 Å². The van der Waals surface area contributed by atoms with Gasteiger partial charge in [0.2, 0.25) is 15.9 Å². The van der Waals surface area contributed by atoms with Crippen LogP contribution in [-0.2, 0) is 21.9 Å². The van der Waals surface area contributed by atoms with Gasteiger partial charge < -0.3 is 9.88 Å². The van der Waals surface area contributed by atoms with Gasteiger partial charge in [-0.25, -0.2) is 22.9 Å². The van der Waals surface area contributed by atoms with Gasteiger partial charge in [0.1, 0.15) is 5.82 Å². The quantitative estimate of drug-likeness (QED) is 0.607. The predicted molar refractivity (Wildman–Crippen MR) is 103 cm³/mol. The van der Waals surface area contributed by atoms with E-state index >= 15 is 0 Å². The second-order valence-electron chi connectivity index (χ2n) is 5.61. The molecule has 0 atom stereocenters. The molecular weight excluding hydrogens is 415 g/mol. The molecular formula is C16H14ClFN4O3S2. The van der Waals surface area contributed by atoms with E-state index in [2.05, 4.69) is 10.3 Å². The standard InChI is InChI=1S/C16H14ClFN4O3S2/c1-22-14-5-3-10(27(19,24)25)7-13(14)21-16(22)26-8-15(23)20-12-4-2-9(18)6-11(12)17/h2-7H,8H2,1H3,(H,20,23)(H2,19,24,25). The first-order chi connectivity index (χ1) is 12.6. The summed E-state index contributed by atoms with van der Waals surface area (Å²) in [5.74, 6) is -0.802. The molecule has 2 aromatic carbocycles. The highest BCUT2D eigenvalue weighted by atomic mass is 35.5. The zero-order valence-corrected chi connectivity index (χ0v) is 16.3. The van der Waals surface area contributed by atoms with Crippen LogP contribution in [0.2, 0.25) is 5.02 Å². The summed E-state index contributed by atoms with van der Waals surface area (Å²) in [6.07, 6.45) is 0. The van der Waals surface area contributed by atoms with Gasteiger partial charge in [-0.1, -0.05) is 23.4 Å². The minimum Gasteiger partial charge on any atom is -0.324 e. The molecule has 11 heteroatoms. The van der Waals surface area contributed by atoms with E-state index in [1.54, 1.807) is 17.7 Å². The van der Waals surface area contributed by atoms with Crippen LogP contribution in [0, 0.1) is 5.82 Å². The smallest absolute Gasteiger partial charge is 0.238 e. The lowest BCUT2D eigenvalue weighted by atomic mass is 10.3. The second-order valence-corrected chi connectivity index (χ2v) is 8.52. The predicted octanol–water partition coefficient (Wildman–Crippen LogP) is 2.74. The van der Waals surface area contributed by atoms with Crippen molar-refractivity contribution in [3.63, 3.8) is 0 Å². The lowest BCUT2D eigenvalue weighted by Gasteiger charge is -2.07. The van der Waals surface area contributed by atoms with Crippen molar-refractivity contribution >= 4 is 56.0 Å². The molecule has 1 amide bonds. The Bertz CT molecular complexity index is 1150. The maximum Gasteiger partial charge on any atom is 0.238 e. The lowest BCUT2D eigenvalue weighted by molar-refractivity contribution is -0.113. The van der Waals surface area contributed by atoms with E-state index in [1.165, 1.54) is 24.3 Å². The second kappa shape index (κ2) is 7.47. The fourth-order valence-corrected chi connectivity index (χ4v) is 3.91. The number of nitrogens with two attached hydrogens (primary N) is 1. The number of hydrogen-bond donors (Lipinski definition) is 2. The summed E-state index contributed by atoms with van der Waals surface area (Å²) < 4.78 is 37.7. The molecule has 0 fully saturated rings. The Hall–Kier alpha value is -2.14. The van der Waals surface area contributed by atoms with E-state index in [4.69, 9.17) is 16.7 Å². The molecule has 0 aliphatic heterocycles. The molecule has 0 aliphatic carbocycles. The lowest BCUT2D eigenvalue weighted by Crippen LogP contribution is -2.14. The fraction of sp³-hybridized carbons (Fsp3) is 0.125. The van der Waals surface area contributed by atoms with E-state index in [0.717, 1.165) is 17.8 Å². The van der Waals surface area contributed by atoms with Crippen LogP contribution >= 0.6 is 23.4 Å². The van der Waals surface area contributed by atoms with E-state index in [1.807, 2.05) is 0 Å². The van der Waals surface area contributed by atoms with Gasteiger partial charge in [-0.3, -0.25) is 4.79 Å². The molecule has 0 radical (unpaired) electrons. The number of rotatable bonds is 5. The highest BCUT2D eigenvalue weighted by Crippen LogP contribution is 2.26. The van der Waals surface area contributed by atoms with Crippen LogP contribution in [0.3, 0.4) is 0 Å². The Morgan fingerprint density at radius 2 is 2.07 bits per heavy atom. The highest BCUT2D eigenvalue weighted by Gasteiger charge is 2.15. The minimum absolute atomic E-state index is 0.0339. The number of nitrogens with one attached hydrogen (secondary N) is 1. The van der Waals surface area contributed by atoms with Crippen molar-refractivity contribution in [1.82, 2.24) is 9.55 Å². The van der Waals surface area contributed by atoms with Crippen LogP contribution in [0.15, 0.2) is 46.5 Å². The topological polar surface area (TPSA) is 107 Å². The molecule has 1 heterocycles. The van der Waals surface area contributed by atoms with Gasteiger partial charge in [0.15, 0.2) is 5.16 Å². The molecule has 0 saturated heterocycles. The number of imidazole rings is 1. The number of aryl methyl sites for hydroxylation is 1. The fourth-order valence-electron chi connectivity index (χ4n) is 2.37. The maximum atomic E-state index is 13.0. The summed E-state index contributed by atoms with van der Waals surface area (Å²) in [6.45, 7) is 0. The van der Waals surface area contributed by atoms with Crippen LogP contribution < -0.4 is 10.5 Å². The molecule has 0 unspecified atom stereocenters. The number of carbonyl (C=O) groups excluding carboxylic acids is 1. The number of nitrogens with zero attached hydrogens (tertiary/aromatic N) is 2. The summed E-state index contributed by atoms with van der Waals surface area (Å²) in [4.78, 5) is 16.4. The van der Waals surface area contributed by atoms with Crippen LogP contribution in [0.1, 0.15) is 0 Å². The summed E-state index contributed by atoms with van der Waals surface area (Å²) in [5, 5.41) is 8.36. The minimum atomic E-state index is -3.82. The largest absolute Gasteiger partial charge is 0.324 e. The highest BCUT2D eigenvalue weighted by molar-refractivity contribution is 7.99. The molecule has 0 aliphatic rings. The van der Waals surface area contributed by atoms with Crippen molar-refractivity contribution < 1.29 is 17.6 Å². The number of aromatic nitrogens is 2. The molecule has 7 nitrogen and oxygen atoms in total. The number of carbonyl (C=O) groups is 1. The Labute approximate surface area is 163 Å². The molecule has 3 rings (SSSR count). The Morgan fingerprint density at radius 1 is 1.33 bits per heavy atom. The number of amides is 1. The zero-order valence-electron chi connectivity index (χ0n) is 13.9. The Morgan fingerprint density at radius 3 is 2.74 bits per heavy atom. The van der Waals surface area contributed by atoms with Gasteiger partial charge in [0.25, 0.3) is 0 Å². The molecule has 0 bridgehead atoms. The molecule has 3 N–H and O–H groups in total. The van der Waals surface area contributed by atoms with Crippen LogP contribution in [-0.4, -0.2) is 29.6 Å². The van der Waals surface area contributed by atoms with Crippen LogP contribution in [0.4, 0.5) is 10.1 Å². The third kappa shape index (κ3) is 4.41. The Balaban J connectivity index is 1.74. The van der Waals surface area contributed by atoms with E-state index < -0.39 is 15.8 Å². The van der Waals surface area contributed by atoms with Crippen molar-refractivity contribution in [2.24, 2.45) is 12.2 Å². The molecule has 27 heavy (non-hydrogen) atoms. The third-order valence-corrected chi connectivity index (χ3v) is 5.93. The first-order valence-corrected chi connectivity index (χ1v) is 10.4. The maximum absolute atomic E-state index is 13.0. The first-order valence-electron chi connectivity index (χ1n) is 7.52. The average molecular weight is 429 g/mol. The van der Waals surface area contributed by atoms with Crippen LogP contribution in [0.5, 0.6) is 0 Å². The number of hydrogen-bond acceptors (Lipinski definition) is 5. The van der Waals surface area contributed by atoms with Crippen molar-refractivity contribution in [2.45, 2.75) is 10.1 Å². The Kier molecular flexibility index (Phi) is 5.43. The van der Waals surface area contributed by atoms with Crippen molar-refractivity contribution in [3.8, 4) is 0 Å². The van der Waals surface area contributed by atoms with Crippen molar-refractivity contribution in [1.29, 1.82) is 0 Å². The summed E-state index contributed by atoms with van der Waals surface area (Å²) >= 11 is 7.05. The molecule has 3 aromatic rings. The van der Waals surface area contributed by atoms with E-state index in [9.17, 15) is 17.6 Å². The van der Waals surface area contributed by atoms with Gasteiger partial charge in [0, 0.05) is 7.05 Å². The van der Waals surface area contributed by atoms with Crippen molar-refractivity contribution in [2.75, 3.05) is 11.1 Å². The van der Waals surface area contributed by atoms with Gasteiger partial charge >= 0.3 is 0 Å². The number of fused-ring (bicyclic) bond motifs is 1. The zero-order chi connectivity index (χ0) is 19.8. The number of primary sulfonamides is 1. The summed E-state index contributed by atoms with van der Waals surface area (Å²) in [5.41, 5.74) is 1.46. The first kappa shape index (κ1) is 19.6. The SMILES string of the molecule is Cn1c(SCC(=O)Nc2ccc(F)cc2Cl)nc2cc(S(N)(=O)=O)ccc21. The number of halogens is 2.